The second-order valence-corrected chi connectivity index (χ2v) is 6.47. The molecule has 5 heteroatoms. The summed E-state index contributed by atoms with van der Waals surface area (Å²) >= 11 is 0. The highest BCUT2D eigenvalue weighted by atomic mass is 16.1. The van der Waals surface area contributed by atoms with Crippen LogP contribution in [-0.2, 0) is 13.6 Å². The summed E-state index contributed by atoms with van der Waals surface area (Å²) in [6, 6.07) is 11.8. The van der Waals surface area contributed by atoms with Gasteiger partial charge < -0.3 is 5.32 Å². The first-order valence-electron chi connectivity index (χ1n) is 8.29. The number of benzene rings is 1. The minimum atomic E-state index is -0.0608. The summed E-state index contributed by atoms with van der Waals surface area (Å²) in [4.78, 5) is 17.5. The predicted molar refractivity (Wildman–Crippen MR) is 92.8 cm³/mol. The van der Waals surface area contributed by atoms with Crippen molar-refractivity contribution in [2.24, 2.45) is 7.05 Å². The van der Waals surface area contributed by atoms with Crippen LogP contribution in [0.1, 0.15) is 46.2 Å². The molecule has 1 fully saturated rings. The summed E-state index contributed by atoms with van der Waals surface area (Å²) in [5.41, 5.74) is 4.58. The normalized spacial score (nSPS) is 14.1. The zero-order valence-electron chi connectivity index (χ0n) is 13.9. The highest BCUT2D eigenvalue weighted by Gasteiger charge is 2.26. The van der Waals surface area contributed by atoms with Gasteiger partial charge in [-0.25, -0.2) is 0 Å². The number of rotatable bonds is 4. The van der Waals surface area contributed by atoms with Crippen molar-refractivity contribution in [3.05, 3.63) is 59.0 Å². The lowest BCUT2D eigenvalue weighted by Gasteiger charge is -2.10. The minimum absolute atomic E-state index is 0.0608. The maximum absolute atomic E-state index is 12.8. The van der Waals surface area contributed by atoms with Gasteiger partial charge in [0.2, 0.25) is 0 Å². The van der Waals surface area contributed by atoms with E-state index in [4.69, 9.17) is 4.98 Å². The molecule has 1 aliphatic rings. The van der Waals surface area contributed by atoms with Gasteiger partial charge >= 0.3 is 0 Å². The molecule has 0 unspecified atom stereocenters. The van der Waals surface area contributed by atoms with Gasteiger partial charge in [-0.15, -0.1) is 0 Å². The number of aromatic nitrogens is 3. The molecule has 0 bridgehead atoms. The number of carbonyl (C=O) groups excluding carboxylic acids is 1. The van der Waals surface area contributed by atoms with Crippen molar-refractivity contribution in [2.75, 3.05) is 0 Å². The van der Waals surface area contributed by atoms with Crippen LogP contribution in [0.4, 0.5) is 0 Å². The Morgan fingerprint density at radius 1 is 1.29 bits per heavy atom. The van der Waals surface area contributed by atoms with E-state index in [0.717, 1.165) is 28.0 Å². The molecular weight excluding hydrogens is 300 g/mol. The molecule has 1 N–H and O–H groups in total. The molecule has 5 nitrogen and oxygen atoms in total. The van der Waals surface area contributed by atoms with Crippen molar-refractivity contribution in [3.8, 4) is 0 Å². The van der Waals surface area contributed by atoms with E-state index in [2.05, 4.69) is 10.4 Å². The monoisotopic (exact) mass is 320 g/mol. The first kappa shape index (κ1) is 14.9. The van der Waals surface area contributed by atoms with Crippen LogP contribution in [0.5, 0.6) is 0 Å². The van der Waals surface area contributed by atoms with E-state index in [1.54, 1.807) is 4.68 Å². The topological polar surface area (TPSA) is 59.8 Å². The molecule has 1 amide bonds. The van der Waals surface area contributed by atoms with Gasteiger partial charge in [0.1, 0.15) is 0 Å². The van der Waals surface area contributed by atoms with Crippen LogP contribution in [0.2, 0.25) is 0 Å². The second kappa shape index (κ2) is 5.74. The Morgan fingerprint density at radius 3 is 2.79 bits per heavy atom. The van der Waals surface area contributed by atoms with E-state index in [-0.39, 0.29) is 5.91 Å². The Kier molecular flexibility index (Phi) is 3.56. The minimum Gasteiger partial charge on any atom is -0.346 e. The largest absolute Gasteiger partial charge is 0.346 e. The van der Waals surface area contributed by atoms with E-state index >= 15 is 0 Å². The zero-order valence-corrected chi connectivity index (χ0v) is 13.9. The molecule has 0 saturated heterocycles. The number of fused-ring (bicyclic) bond motifs is 1. The first-order chi connectivity index (χ1) is 11.6. The third kappa shape index (κ3) is 2.77. The molecule has 2 heterocycles. The Bertz CT molecular complexity index is 924. The second-order valence-electron chi connectivity index (χ2n) is 6.47. The molecule has 4 rings (SSSR count). The Balaban J connectivity index is 1.64. The number of hydrogen-bond donors (Lipinski definition) is 1. The molecule has 3 aromatic rings. The molecule has 1 aromatic carbocycles. The third-order valence-corrected chi connectivity index (χ3v) is 4.51. The number of nitrogens with zero attached hydrogens (tertiary/aromatic N) is 3. The van der Waals surface area contributed by atoms with Crippen LogP contribution < -0.4 is 5.32 Å². The van der Waals surface area contributed by atoms with Crippen molar-refractivity contribution in [2.45, 2.75) is 32.2 Å². The summed E-state index contributed by atoms with van der Waals surface area (Å²) in [5.74, 6) is 0.454. The van der Waals surface area contributed by atoms with E-state index < -0.39 is 0 Å². The van der Waals surface area contributed by atoms with Crippen molar-refractivity contribution in [1.29, 1.82) is 0 Å². The molecule has 0 radical (unpaired) electrons. The summed E-state index contributed by atoms with van der Waals surface area (Å²) in [6.45, 7) is 2.41. The van der Waals surface area contributed by atoms with Gasteiger partial charge in [-0.3, -0.25) is 14.5 Å². The van der Waals surface area contributed by atoms with Crippen LogP contribution in [0.3, 0.4) is 0 Å². The number of nitrogens with one attached hydrogen (secondary N) is 1. The maximum Gasteiger partial charge on any atom is 0.252 e. The zero-order chi connectivity index (χ0) is 16.7. The number of hydrogen-bond acceptors (Lipinski definition) is 3. The van der Waals surface area contributed by atoms with Crippen molar-refractivity contribution < 1.29 is 4.79 Å². The summed E-state index contributed by atoms with van der Waals surface area (Å²) in [7, 11) is 1.89. The van der Waals surface area contributed by atoms with Gasteiger partial charge in [0.25, 0.3) is 5.91 Å². The Labute approximate surface area is 140 Å². The molecule has 2 aromatic heterocycles. The molecule has 0 aliphatic heterocycles. The van der Waals surface area contributed by atoms with Gasteiger partial charge in [-0.1, -0.05) is 18.2 Å². The van der Waals surface area contributed by atoms with Crippen LogP contribution in [0.25, 0.3) is 10.9 Å². The van der Waals surface area contributed by atoms with E-state index in [9.17, 15) is 4.79 Å². The van der Waals surface area contributed by atoms with E-state index in [1.165, 1.54) is 12.8 Å². The SMILES string of the molecule is Cc1cc(CNC(=O)c2cc(C3CC3)nc3ccccc23)n(C)n1. The molecule has 122 valence electrons. The van der Waals surface area contributed by atoms with Gasteiger partial charge in [-0.2, -0.15) is 5.10 Å². The smallest absolute Gasteiger partial charge is 0.252 e. The number of para-hydroxylation sites is 1. The van der Waals surface area contributed by atoms with Crippen molar-refractivity contribution >= 4 is 16.8 Å². The summed E-state index contributed by atoms with van der Waals surface area (Å²) in [6.07, 6.45) is 2.33. The number of aryl methyl sites for hydroxylation is 2. The maximum atomic E-state index is 12.8. The fraction of sp³-hybridized carbons (Fsp3) is 0.316. The molecule has 24 heavy (non-hydrogen) atoms. The molecule has 0 atom stereocenters. The highest BCUT2D eigenvalue weighted by Crippen LogP contribution is 2.40. The third-order valence-electron chi connectivity index (χ3n) is 4.51. The number of carbonyl (C=O) groups is 1. The standard InChI is InChI=1S/C19H20N4O/c1-12-9-14(23(2)22-12)11-20-19(24)16-10-18(13-7-8-13)21-17-6-4-3-5-15(16)17/h3-6,9-10,13H,7-8,11H2,1-2H3,(H,20,24). The molecular formula is C19H20N4O. The van der Waals surface area contributed by atoms with Crippen LogP contribution >= 0.6 is 0 Å². The Hall–Kier alpha value is -2.69. The molecule has 0 spiro atoms. The lowest BCUT2D eigenvalue weighted by Crippen LogP contribution is -2.24. The average Bonchev–Trinajstić information content (AvgIpc) is 3.37. The van der Waals surface area contributed by atoms with Crippen LogP contribution in [0.15, 0.2) is 36.4 Å². The van der Waals surface area contributed by atoms with E-state index in [1.807, 2.05) is 50.4 Å². The van der Waals surface area contributed by atoms with Gasteiger partial charge in [0, 0.05) is 24.0 Å². The summed E-state index contributed by atoms with van der Waals surface area (Å²) < 4.78 is 1.80. The van der Waals surface area contributed by atoms with Crippen molar-refractivity contribution in [1.82, 2.24) is 20.1 Å². The lowest BCUT2D eigenvalue weighted by atomic mass is 10.1. The van der Waals surface area contributed by atoms with Crippen LogP contribution in [0, 0.1) is 6.92 Å². The van der Waals surface area contributed by atoms with Crippen molar-refractivity contribution in [3.63, 3.8) is 0 Å². The van der Waals surface area contributed by atoms with E-state index in [0.29, 0.717) is 18.0 Å². The lowest BCUT2D eigenvalue weighted by molar-refractivity contribution is 0.0951. The average molecular weight is 320 g/mol. The first-order valence-corrected chi connectivity index (χ1v) is 8.29. The Morgan fingerprint density at radius 2 is 2.08 bits per heavy atom. The summed E-state index contributed by atoms with van der Waals surface area (Å²) in [5, 5.41) is 8.24. The fourth-order valence-corrected chi connectivity index (χ4v) is 3.07. The van der Waals surface area contributed by atoms with Crippen LogP contribution in [-0.4, -0.2) is 20.7 Å². The van der Waals surface area contributed by atoms with Gasteiger partial charge in [0.05, 0.1) is 29.0 Å². The predicted octanol–water partition coefficient (Wildman–Crippen LogP) is 3.08. The van der Waals surface area contributed by atoms with Gasteiger partial charge in [-0.05, 0) is 38.0 Å². The number of amides is 1. The number of pyridine rings is 1. The molecule has 1 saturated carbocycles. The fourth-order valence-electron chi connectivity index (χ4n) is 3.07. The molecule has 1 aliphatic carbocycles. The van der Waals surface area contributed by atoms with Gasteiger partial charge in [0.15, 0.2) is 0 Å². The highest BCUT2D eigenvalue weighted by molar-refractivity contribution is 6.06. The quantitative estimate of drug-likeness (QED) is 0.803.